The molecule has 3 heteroatoms. The van der Waals surface area contributed by atoms with Crippen LogP contribution in [0.5, 0.6) is 0 Å². The quantitative estimate of drug-likeness (QED) is 0.766. The minimum atomic E-state index is -0.120. The van der Waals surface area contributed by atoms with Gasteiger partial charge in [0.15, 0.2) is 0 Å². The van der Waals surface area contributed by atoms with E-state index in [4.69, 9.17) is 5.73 Å². The highest BCUT2D eigenvalue weighted by Gasteiger charge is 2.36. The lowest BCUT2D eigenvalue weighted by Crippen LogP contribution is -2.41. The number of nitrogens with zero attached hydrogens (tertiary/aromatic N) is 1. The molecule has 0 spiro atoms. The van der Waals surface area contributed by atoms with Crippen molar-refractivity contribution in [2.75, 3.05) is 6.54 Å². The summed E-state index contributed by atoms with van der Waals surface area (Å²) in [7, 11) is 2.07. The summed E-state index contributed by atoms with van der Waals surface area (Å²) >= 11 is 0. The number of aliphatic hydroxyl groups excluding tert-OH is 1. The van der Waals surface area contributed by atoms with Gasteiger partial charge in [0.1, 0.15) is 0 Å². The molecule has 0 aromatic carbocycles. The molecule has 3 nitrogen and oxygen atoms in total. The Labute approximate surface area is 90.9 Å². The fraction of sp³-hybridized carbons (Fsp3) is 0.667. The highest BCUT2D eigenvalue weighted by Crippen LogP contribution is 2.38. The fourth-order valence-electron chi connectivity index (χ4n) is 2.73. The van der Waals surface area contributed by atoms with Gasteiger partial charge in [-0.1, -0.05) is 0 Å². The third kappa shape index (κ3) is 1.82. The number of hydrogen-bond acceptors (Lipinski definition) is 2. The summed E-state index contributed by atoms with van der Waals surface area (Å²) in [4.78, 5) is 0. The molecule has 1 aliphatic carbocycles. The Kier molecular flexibility index (Phi) is 2.85. The summed E-state index contributed by atoms with van der Waals surface area (Å²) in [5.74, 6) is 0. The number of aromatic nitrogens is 1. The molecule has 1 aliphatic rings. The van der Waals surface area contributed by atoms with Crippen LogP contribution in [0.3, 0.4) is 0 Å². The highest BCUT2D eigenvalue weighted by molar-refractivity contribution is 5.21. The number of hydrogen-bond donors (Lipinski definition) is 2. The third-order valence-corrected chi connectivity index (χ3v) is 3.79. The summed E-state index contributed by atoms with van der Waals surface area (Å²) < 4.78 is 2.16. The van der Waals surface area contributed by atoms with Crippen molar-refractivity contribution < 1.29 is 5.11 Å². The fourth-order valence-corrected chi connectivity index (χ4v) is 2.73. The zero-order valence-corrected chi connectivity index (χ0v) is 9.32. The molecule has 1 aromatic rings. The number of rotatable bonds is 2. The van der Waals surface area contributed by atoms with Crippen molar-refractivity contribution in [3.05, 3.63) is 24.0 Å². The van der Waals surface area contributed by atoms with Crippen molar-refractivity contribution in [1.29, 1.82) is 0 Å². The second kappa shape index (κ2) is 3.99. The minimum Gasteiger partial charge on any atom is -0.393 e. The second-order valence-electron chi connectivity index (χ2n) is 4.72. The maximum absolute atomic E-state index is 9.56. The maximum atomic E-state index is 9.56. The Morgan fingerprint density at radius 3 is 2.67 bits per heavy atom. The molecule has 1 fully saturated rings. The molecular formula is C12H20N2O. The van der Waals surface area contributed by atoms with E-state index in [1.807, 2.05) is 0 Å². The molecule has 1 saturated carbocycles. The first-order valence-corrected chi connectivity index (χ1v) is 5.68. The molecule has 15 heavy (non-hydrogen) atoms. The Balaban J connectivity index is 2.26. The topological polar surface area (TPSA) is 51.2 Å². The summed E-state index contributed by atoms with van der Waals surface area (Å²) in [5.41, 5.74) is 7.36. The molecular weight excluding hydrogens is 188 g/mol. The molecule has 2 rings (SSSR count). The standard InChI is InChI=1S/C12H20N2O/c1-14-8-2-3-11(14)12(9-13)6-4-10(15)5-7-12/h2-3,8,10,15H,4-7,9,13H2,1H3. The van der Waals surface area contributed by atoms with E-state index in [0.717, 1.165) is 25.7 Å². The molecule has 0 saturated heterocycles. The number of nitrogens with two attached hydrogens (primary N) is 1. The Bertz CT molecular complexity index is 324. The SMILES string of the molecule is Cn1cccc1C1(CN)CCC(O)CC1. The van der Waals surface area contributed by atoms with Gasteiger partial charge in [0.05, 0.1) is 6.10 Å². The van der Waals surface area contributed by atoms with Gasteiger partial charge in [0, 0.05) is 30.9 Å². The minimum absolute atomic E-state index is 0.0947. The van der Waals surface area contributed by atoms with Gasteiger partial charge in [0.25, 0.3) is 0 Å². The summed E-state index contributed by atoms with van der Waals surface area (Å²) in [6.07, 6.45) is 5.71. The van der Waals surface area contributed by atoms with Crippen LogP contribution in [0.25, 0.3) is 0 Å². The Hall–Kier alpha value is -0.800. The first-order chi connectivity index (χ1) is 7.18. The zero-order chi connectivity index (χ0) is 10.9. The van der Waals surface area contributed by atoms with Crippen molar-refractivity contribution >= 4 is 0 Å². The maximum Gasteiger partial charge on any atom is 0.0541 e. The van der Waals surface area contributed by atoms with Crippen LogP contribution < -0.4 is 5.73 Å². The van der Waals surface area contributed by atoms with Gasteiger partial charge >= 0.3 is 0 Å². The molecule has 84 valence electrons. The van der Waals surface area contributed by atoms with Gasteiger partial charge in [-0.2, -0.15) is 0 Å². The molecule has 0 radical (unpaired) electrons. The largest absolute Gasteiger partial charge is 0.393 e. The molecule has 1 aromatic heterocycles. The van der Waals surface area contributed by atoms with Crippen LogP contribution in [0, 0.1) is 0 Å². The molecule has 3 N–H and O–H groups in total. The summed E-state index contributed by atoms with van der Waals surface area (Å²) in [5, 5.41) is 9.56. The van der Waals surface area contributed by atoms with E-state index < -0.39 is 0 Å². The zero-order valence-electron chi connectivity index (χ0n) is 9.32. The predicted molar refractivity (Wildman–Crippen MR) is 60.6 cm³/mol. The summed E-state index contributed by atoms with van der Waals surface area (Å²) in [6, 6.07) is 4.22. The van der Waals surface area contributed by atoms with E-state index in [-0.39, 0.29) is 11.5 Å². The van der Waals surface area contributed by atoms with Crippen LogP contribution in [0.15, 0.2) is 18.3 Å². The van der Waals surface area contributed by atoms with Crippen molar-refractivity contribution in [3.63, 3.8) is 0 Å². The molecule has 0 unspecified atom stereocenters. The van der Waals surface area contributed by atoms with E-state index in [1.54, 1.807) is 0 Å². The van der Waals surface area contributed by atoms with Crippen LogP contribution in [0.4, 0.5) is 0 Å². The molecule has 0 aliphatic heterocycles. The van der Waals surface area contributed by atoms with E-state index in [0.29, 0.717) is 6.54 Å². The normalized spacial score (nSPS) is 31.8. The Morgan fingerprint density at radius 2 is 2.20 bits per heavy atom. The van der Waals surface area contributed by atoms with Crippen LogP contribution in [-0.4, -0.2) is 22.3 Å². The Morgan fingerprint density at radius 1 is 1.53 bits per heavy atom. The van der Waals surface area contributed by atoms with Gasteiger partial charge in [-0.25, -0.2) is 0 Å². The predicted octanol–water partition coefficient (Wildman–Crippen LogP) is 1.16. The van der Waals surface area contributed by atoms with Crippen molar-refractivity contribution in [1.82, 2.24) is 4.57 Å². The molecule has 0 amide bonds. The van der Waals surface area contributed by atoms with Crippen LogP contribution in [-0.2, 0) is 12.5 Å². The highest BCUT2D eigenvalue weighted by atomic mass is 16.3. The first kappa shape index (κ1) is 10.7. The van der Waals surface area contributed by atoms with E-state index >= 15 is 0 Å². The van der Waals surface area contributed by atoms with Crippen LogP contribution >= 0.6 is 0 Å². The summed E-state index contributed by atoms with van der Waals surface area (Å²) in [6.45, 7) is 0.678. The lowest BCUT2D eigenvalue weighted by molar-refractivity contribution is 0.0953. The first-order valence-electron chi connectivity index (χ1n) is 5.68. The molecule has 1 heterocycles. The van der Waals surface area contributed by atoms with Gasteiger partial charge in [0.2, 0.25) is 0 Å². The second-order valence-corrected chi connectivity index (χ2v) is 4.72. The molecule has 0 atom stereocenters. The monoisotopic (exact) mass is 208 g/mol. The van der Waals surface area contributed by atoms with E-state index in [1.165, 1.54) is 5.69 Å². The van der Waals surface area contributed by atoms with E-state index in [2.05, 4.69) is 29.9 Å². The average Bonchev–Trinajstić information content (AvgIpc) is 2.67. The van der Waals surface area contributed by atoms with Crippen LogP contribution in [0.2, 0.25) is 0 Å². The van der Waals surface area contributed by atoms with E-state index in [9.17, 15) is 5.11 Å². The smallest absolute Gasteiger partial charge is 0.0541 e. The van der Waals surface area contributed by atoms with Gasteiger partial charge in [-0.3, -0.25) is 0 Å². The van der Waals surface area contributed by atoms with Crippen molar-refractivity contribution in [3.8, 4) is 0 Å². The lowest BCUT2D eigenvalue weighted by Gasteiger charge is -2.38. The number of aryl methyl sites for hydroxylation is 1. The molecule has 0 bridgehead atoms. The van der Waals surface area contributed by atoms with Gasteiger partial charge < -0.3 is 15.4 Å². The average molecular weight is 208 g/mol. The van der Waals surface area contributed by atoms with Gasteiger partial charge in [-0.15, -0.1) is 0 Å². The lowest BCUT2D eigenvalue weighted by atomic mass is 9.71. The third-order valence-electron chi connectivity index (χ3n) is 3.79. The van der Waals surface area contributed by atoms with Crippen molar-refractivity contribution in [2.45, 2.75) is 37.2 Å². The van der Waals surface area contributed by atoms with Crippen molar-refractivity contribution in [2.24, 2.45) is 12.8 Å². The number of aliphatic hydroxyl groups is 1. The van der Waals surface area contributed by atoms with Gasteiger partial charge in [-0.05, 0) is 37.8 Å². The van der Waals surface area contributed by atoms with Crippen LogP contribution in [0.1, 0.15) is 31.4 Å².